The largest absolute Gasteiger partial charge is 0.378 e. The molecule has 3 heterocycles. The molecule has 0 bridgehead atoms. The lowest BCUT2D eigenvalue weighted by atomic mass is 10.1. The molecule has 1 saturated heterocycles. The van der Waals surface area contributed by atoms with Gasteiger partial charge in [0.25, 0.3) is 0 Å². The van der Waals surface area contributed by atoms with Crippen LogP contribution in [0.1, 0.15) is 19.3 Å². The average molecular weight is 290 g/mol. The van der Waals surface area contributed by atoms with Gasteiger partial charge in [-0.2, -0.15) is 5.10 Å². The van der Waals surface area contributed by atoms with Crippen molar-refractivity contribution in [1.82, 2.24) is 25.1 Å². The summed E-state index contributed by atoms with van der Waals surface area (Å²) in [6.07, 6.45) is 7.00. The number of nitrogens with one attached hydrogen (secondary N) is 2. The molecule has 2 N–H and O–H groups in total. The summed E-state index contributed by atoms with van der Waals surface area (Å²) < 4.78 is 7.64. The van der Waals surface area contributed by atoms with Crippen LogP contribution in [0.25, 0.3) is 11.0 Å². The van der Waals surface area contributed by atoms with Gasteiger partial charge in [-0.25, -0.2) is 9.97 Å². The summed E-state index contributed by atoms with van der Waals surface area (Å²) in [7, 11) is 1.88. The van der Waals surface area contributed by atoms with E-state index in [0.29, 0.717) is 6.10 Å². The molecule has 0 unspecified atom stereocenters. The third kappa shape index (κ3) is 3.48. The number of rotatable bonds is 6. The lowest BCUT2D eigenvalue weighted by Crippen LogP contribution is -2.32. The van der Waals surface area contributed by atoms with Crippen molar-refractivity contribution in [1.29, 1.82) is 0 Å². The quantitative estimate of drug-likeness (QED) is 0.771. The van der Waals surface area contributed by atoms with Crippen LogP contribution < -0.4 is 10.6 Å². The molecule has 0 aliphatic carbocycles. The molecule has 0 aromatic carbocycles. The molecular formula is C14H22N6O. The monoisotopic (exact) mass is 290 g/mol. The Morgan fingerprint density at radius 2 is 2.24 bits per heavy atom. The molecule has 21 heavy (non-hydrogen) atoms. The van der Waals surface area contributed by atoms with E-state index >= 15 is 0 Å². The van der Waals surface area contributed by atoms with Crippen LogP contribution in [0.3, 0.4) is 0 Å². The van der Waals surface area contributed by atoms with Gasteiger partial charge in [-0.3, -0.25) is 4.68 Å². The smallest absolute Gasteiger partial charge is 0.163 e. The summed E-state index contributed by atoms with van der Waals surface area (Å²) >= 11 is 0. The lowest BCUT2D eigenvalue weighted by Gasteiger charge is -2.22. The molecular weight excluding hydrogens is 268 g/mol. The Kier molecular flexibility index (Phi) is 4.62. The van der Waals surface area contributed by atoms with Crippen LogP contribution in [0.2, 0.25) is 0 Å². The third-order valence-electron chi connectivity index (χ3n) is 3.78. The van der Waals surface area contributed by atoms with Gasteiger partial charge in [0, 0.05) is 20.2 Å². The number of nitrogens with zero attached hydrogens (tertiary/aromatic N) is 4. The van der Waals surface area contributed by atoms with E-state index in [2.05, 4.69) is 25.7 Å². The zero-order chi connectivity index (χ0) is 14.5. The molecule has 3 rings (SSSR count). The van der Waals surface area contributed by atoms with Gasteiger partial charge in [0.15, 0.2) is 5.65 Å². The first-order valence-corrected chi connectivity index (χ1v) is 7.53. The molecule has 114 valence electrons. The van der Waals surface area contributed by atoms with Gasteiger partial charge < -0.3 is 15.4 Å². The molecule has 1 aliphatic heterocycles. The van der Waals surface area contributed by atoms with E-state index in [1.54, 1.807) is 17.2 Å². The molecule has 7 nitrogen and oxygen atoms in total. The van der Waals surface area contributed by atoms with Gasteiger partial charge in [0.2, 0.25) is 0 Å². The molecule has 1 aliphatic rings. The minimum Gasteiger partial charge on any atom is -0.378 e. The van der Waals surface area contributed by atoms with Crippen molar-refractivity contribution in [2.75, 3.05) is 31.6 Å². The van der Waals surface area contributed by atoms with E-state index < -0.39 is 0 Å². The van der Waals surface area contributed by atoms with Crippen molar-refractivity contribution >= 4 is 16.9 Å². The number of hydrogen-bond acceptors (Lipinski definition) is 6. The Hall–Kier alpha value is -1.73. The Morgan fingerprint density at radius 3 is 3.10 bits per heavy atom. The van der Waals surface area contributed by atoms with Crippen LogP contribution in [-0.4, -0.2) is 52.1 Å². The first-order valence-electron chi connectivity index (χ1n) is 7.53. The standard InChI is InChI=1S/C14H22N6O/c1-20-14-12(9-19-20)13(17-10-18-14)16-5-2-8-21-11-3-6-15-7-4-11/h9-11,15H,2-8H2,1H3,(H,16,17,18). The van der Waals surface area contributed by atoms with Crippen LogP contribution in [0.15, 0.2) is 12.5 Å². The minimum atomic E-state index is 0.426. The van der Waals surface area contributed by atoms with E-state index in [1.165, 1.54) is 0 Å². The predicted octanol–water partition coefficient (Wildman–Crippen LogP) is 0.934. The maximum absolute atomic E-state index is 5.88. The van der Waals surface area contributed by atoms with Crippen LogP contribution in [-0.2, 0) is 11.8 Å². The summed E-state index contributed by atoms with van der Waals surface area (Å²) in [5.74, 6) is 0.843. The second-order valence-electron chi connectivity index (χ2n) is 5.33. The Bertz CT molecular complexity index is 578. The van der Waals surface area contributed by atoms with Crippen molar-refractivity contribution < 1.29 is 4.74 Å². The fourth-order valence-corrected chi connectivity index (χ4v) is 2.59. The second-order valence-corrected chi connectivity index (χ2v) is 5.33. The van der Waals surface area contributed by atoms with E-state index in [-0.39, 0.29) is 0 Å². The molecule has 0 atom stereocenters. The van der Waals surface area contributed by atoms with Gasteiger partial charge in [-0.05, 0) is 32.4 Å². The number of anilines is 1. The number of piperidine rings is 1. The first kappa shape index (κ1) is 14.2. The van der Waals surface area contributed by atoms with Crippen LogP contribution in [0, 0.1) is 0 Å². The second kappa shape index (κ2) is 6.82. The molecule has 2 aromatic rings. The molecule has 0 saturated carbocycles. The van der Waals surface area contributed by atoms with Gasteiger partial charge >= 0.3 is 0 Å². The topological polar surface area (TPSA) is 76.9 Å². The summed E-state index contributed by atoms with van der Waals surface area (Å²) in [6, 6.07) is 0. The van der Waals surface area contributed by atoms with Gasteiger partial charge in [0.05, 0.1) is 17.7 Å². The Balaban J connectivity index is 1.44. The highest BCUT2D eigenvalue weighted by molar-refractivity contribution is 5.85. The van der Waals surface area contributed by atoms with E-state index in [4.69, 9.17) is 4.74 Å². The van der Waals surface area contributed by atoms with E-state index in [0.717, 1.165) is 62.4 Å². The van der Waals surface area contributed by atoms with Crippen molar-refractivity contribution in [3.8, 4) is 0 Å². The van der Waals surface area contributed by atoms with Crippen LogP contribution in [0.4, 0.5) is 5.82 Å². The van der Waals surface area contributed by atoms with E-state index in [9.17, 15) is 0 Å². The number of aryl methyl sites for hydroxylation is 1. The SMILES string of the molecule is Cn1ncc2c(NCCCOC3CCNCC3)ncnc21. The van der Waals surface area contributed by atoms with E-state index in [1.807, 2.05) is 7.05 Å². The summed E-state index contributed by atoms with van der Waals surface area (Å²) in [4.78, 5) is 8.51. The highest BCUT2D eigenvalue weighted by atomic mass is 16.5. The number of fused-ring (bicyclic) bond motifs is 1. The number of hydrogen-bond donors (Lipinski definition) is 2. The van der Waals surface area contributed by atoms with Crippen LogP contribution in [0.5, 0.6) is 0 Å². The summed E-state index contributed by atoms with van der Waals surface area (Å²) in [5, 5.41) is 11.8. The average Bonchev–Trinajstić information content (AvgIpc) is 2.90. The summed E-state index contributed by atoms with van der Waals surface area (Å²) in [5.41, 5.74) is 0.846. The third-order valence-corrected chi connectivity index (χ3v) is 3.78. The predicted molar refractivity (Wildman–Crippen MR) is 81.3 cm³/mol. The molecule has 0 amide bonds. The maximum atomic E-state index is 5.88. The van der Waals surface area contributed by atoms with Crippen LogP contribution >= 0.6 is 0 Å². The van der Waals surface area contributed by atoms with Crippen molar-refractivity contribution in [2.45, 2.75) is 25.4 Å². The molecule has 7 heteroatoms. The highest BCUT2D eigenvalue weighted by Gasteiger charge is 2.12. The number of ether oxygens (including phenoxy) is 1. The number of aromatic nitrogens is 4. The van der Waals surface area contributed by atoms with Crippen molar-refractivity contribution in [2.24, 2.45) is 7.05 Å². The van der Waals surface area contributed by atoms with Gasteiger partial charge in [-0.15, -0.1) is 0 Å². The van der Waals surface area contributed by atoms with Gasteiger partial charge in [-0.1, -0.05) is 0 Å². The van der Waals surface area contributed by atoms with Crippen molar-refractivity contribution in [3.05, 3.63) is 12.5 Å². The Labute approximate surface area is 124 Å². The molecule has 0 spiro atoms. The minimum absolute atomic E-state index is 0.426. The fraction of sp³-hybridized carbons (Fsp3) is 0.643. The highest BCUT2D eigenvalue weighted by Crippen LogP contribution is 2.17. The lowest BCUT2D eigenvalue weighted by molar-refractivity contribution is 0.0329. The molecule has 0 radical (unpaired) electrons. The Morgan fingerprint density at radius 1 is 1.38 bits per heavy atom. The van der Waals surface area contributed by atoms with Gasteiger partial charge in [0.1, 0.15) is 12.1 Å². The summed E-state index contributed by atoms with van der Waals surface area (Å²) in [6.45, 7) is 3.77. The molecule has 2 aromatic heterocycles. The molecule has 1 fully saturated rings. The fourth-order valence-electron chi connectivity index (χ4n) is 2.59. The zero-order valence-electron chi connectivity index (χ0n) is 12.4. The normalized spacial score (nSPS) is 16.4. The maximum Gasteiger partial charge on any atom is 0.163 e. The van der Waals surface area contributed by atoms with Crippen molar-refractivity contribution in [3.63, 3.8) is 0 Å². The zero-order valence-corrected chi connectivity index (χ0v) is 12.4. The first-order chi connectivity index (χ1) is 10.3.